The maximum absolute atomic E-state index is 12.1. The van der Waals surface area contributed by atoms with Gasteiger partial charge in [-0.2, -0.15) is 0 Å². The standard InChI is InChI=1S/C16H13BrN2O2S/c1-3-11-5-4-6-12(9-11)19-15(20)10(2)18-16(21)13-7-8-14(17)22-13/h1,4-10H,2H3,(H,18,21)(H,19,20)/t10-/m1/s1. The minimum atomic E-state index is -0.664. The summed E-state index contributed by atoms with van der Waals surface area (Å²) in [4.78, 5) is 24.6. The molecule has 0 bridgehead atoms. The van der Waals surface area contributed by atoms with E-state index in [1.807, 2.05) is 0 Å². The second-order valence-corrected chi connectivity index (χ2v) is 6.98. The predicted molar refractivity (Wildman–Crippen MR) is 92.0 cm³/mol. The molecule has 2 rings (SSSR count). The van der Waals surface area contributed by atoms with Gasteiger partial charge in [0, 0.05) is 11.3 Å². The molecule has 0 fully saturated rings. The van der Waals surface area contributed by atoms with E-state index in [0.717, 1.165) is 3.79 Å². The van der Waals surface area contributed by atoms with Crippen molar-refractivity contribution < 1.29 is 9.59 Å². The quantitative estimate of drug-likeness (QED) is 0.804. The zero-order chi connectivity index (χ0) is 16.1. The van der Waals surface area contributed by atoms with E-state index in [4.69, 9.17) is 6.42 Å². The number of rotatable bonds is 4. The molecule has 1 atom stereocenters. The second-order valence-electron chi connectivity index (χ2n) is 4.51. The van der Waals surface area contributed by atoms with Crippen LogP contribution in [0.2, 0.25) is 0 Å². The van der Waals surface area contributed by atoms with E-state index < -0.39 is 6.04 Å². The number of carbonyl (C=O) groups excluding carboxylic acids is 2. The first-order valence-corrected chi connectivity index (χ1v) is 8.04. The third-order valence-electron chi connectivity index (χ3n) is 2.83. The molecule has 22 heavy (non-hydrogen) atoms. The molecule has 112 valence electrons. The Morgan fingerprint density at radius 3 is 2.73 bits per heavy atom. The van der Waals surface area contributed by atoms with Crippen LogP contribution in [-0.4, -0.2) is 17.9 Å². The Kier molecular flexibility index (Phi) is 5.36. The lowest BCUT2D eigenvalue weighted by Gasteiger charge is -2.13. The van der Waals surface area contributed by atoms with Crippen LogP contribution >= 0.6 is 27.3 Å². The fraction of sp³-hybridized carbons (Fsp3) is 0.125. The number of thiophene rings is 1. The molecule has 2 amide bonds. The number of halogens is 1. The normalized spacial score (nSPS) is 11.3. The highest BCUT2D eigenvalue weighted by molar-refractivity contribution is 9.11. The van der Waals surface area contributed by atoms with Crippen molar-refractivity contribution in [2.24, 2.45) is 0 Å². The van der Waals surface area contributed by atoms with Crippen LogP contribution in [0.1, 0.15) is 22.2 Å². The molecule has 0 aliphatic rings. The Bertz CT molecular complexity index is 749. The molecule has 1 aromatic heterocycles. The first-order valence-electron chi connectivity index (χ1n) is 6.43. The Balaban J connectivity index is 1.97. The highest BCUT2D eigenvalue weighted by atomic mass is 79.9. The molecule has 1 aromatic carbocycles. The summed E-state index contributed by atoms with van der Waals surface area (Å²) in [5, 5.41) is 5.38. The molecule has 0 radical (unpaired) electrons. The van der Waals surface area contributed by atoms with Crippen LogP contribution in [0.25, 0.3) is 0 Å². The van der Waals surface area contributed by atoms with Crippen LogP contribution in [0, 0.1) is 12.3 Å². The molecule has 0 spiro atoms. The van der Waals surface area contributed by atoms with E-state index >= 15 is 0 Å². The number of hydrogen-bond donors (Lipinski definition) is 2. The number of amides is 2. The van der Waals surface area contributed by atoms with Crippen LogP contribution in [0.15, 0.2) is 40.2 Å². The molecule has 1 heterocycles. The molecule has 0 unspecified atom stereocenters. The third kappa shape index (κ3) is 4.20. The van der Waals surface area contributed by atoms with Gasteiger partial charge in [-0.25, -0.2) is 0 Å². The summed E-state index contributed by atoms with van der Waals surface area (Å²) in [6.45, 7) is 1.63. The lowest BCUT2D eigenvalue weighted by atomic mass is 10.2. The average Bonchev–Trinajstić information content (AvgIpc) is 2.94. The van der Waals surface area contributed by atoms with Gasteiger partial charge in [-0.1, -0.05) is 12.0 Å². The Morgan fingerprint density at radius 2 is 2.09 bits per heavy atom. The molecule has 6 heteroatoms. The van der Waals surface area contributed by atoms with Crippen molar-refractivity contribution in [2.45, 2.75) is 13.0 Å². The zero-order valence-corrected chi connectivity index (χ0v) is 14.1. The molecular weight excluding hydrogens is 364 g/mol. The van der Waals surface area contributed by atoms with Crippen LogP contribution in [0.5, 0.6) is 0 Å². The summed E-state index contributed by atoms with van der Waals surface area (Å²) in [6, 6.07) is 9.79. The summed E-state index contributed by atoms with van der Waals surface area (Å²) in [6.07, 6.45) is 5.32. The molecule has 0 saturated heterocycles. The predicted octanol–water partition coefficient (Wildman–Crippen LogP) is 3.25. The lowest BCUT2D eigenvalue weighted by Crippen LogP contribution is -2.41. The SMILES string of the molecule is C#Cc1cccc(NC(=O)[C@@H](C)NC(=O)c2ccc(Br)s2)c1. The fourth-order valence-corrected chi connectivity index (χ4v) is 3.00. The number of benzene rings is 1. The van der Waals surface area contributed by atoms with Crippen LogP contribution in [0.4, 0.5) is 5.69 Å². The number of carbonyl (C=O) groups is 2. The molecular formula is C16H13BrN2O2S. The minimum absolute atomic E-state index is 0.282. The maximum Gasteiger partial charge on any atom is 0.262 e. The molecule has 0 aliphatic heterocycles. The van der Waals surface area contributed by atoms with Gasteiger partial charge in [0.15, 0.2) is 0 Å². The summed E-state index contributed by atoms with van der Waals surface area (Å²) < 4.78 is 0.862. The Labute approximate surface area is 141 Å². The summed E-state index contributed by atoms with van der Waals surface area (Å²) >= 11 is 4.61. The van der Waals surface area contributed by atoms with Crippen molar-refractivity contribution in [3.8, 4) is 12.3 Å². The molecule has 4 nitrogen and oxygen atoms in total. The van der Waals surface area contributed by atoms with Crippen molar-refractivity contribution in [2.75, 3.05) is 5.32 Å². The van der Waals surface area contributed by atoms with E-state index in [2.05, 4.69) is 32.5 Å². The van der Waals surface area contributed by atoms with Crippen molar-refractivity contribution in [3.63, 3.8) is 0 Å². The van der Waals surface area contributed by atoms with E-state index in [1.165, 1.54) is 11.3 Å². The highest BCUT2D eigenvalue weighted by Gasteiger charge is 2.17. The van der Waals surface area contributed by atoms with Gasteiger partial charge in [-0.15, -0.1) is 17.8 Å². The van der Waals surface area contributed by atoms with Gasteiger partial charge in [-0.3, -0.25) is 9.59 Å². The minimum Gasteiger partial charge on any atom is -0.340 e. The smallest absolute Gasteiger partial charge is 0.262 e. The topological polar surface area (TPSA) is 58.2 Å². The maximum atomic E-state index is 12.1. The van der Waals surface area contributed by atoms with E-state index in [-0.39, 0.29) is 11.8 Å². The van der Waals surface area contributed by atoms with Gasteiger partial charge in [-0.05, 0) is 53.2 Å². The van der Waals surface area contributed by atoms with Gasteiger partial charge >= 0.3 is 0 Å². The van der Waals surface area contributed by atoms with Crippen LogP contribution < -0.4 is 10.6 Å². The second kappa shape index (κ2) is 7.25. The van der Waals surface area contributed by atoms with Crippen LogP contribution in [0.3, 0.4) is 0 Å². The number of anilines is 1. The molecule has 2 N–H and O–H groups in total. The molecule has 2 aromatic rings. The van der Waals surface area contributed by atoms with E-state index in [9.17, 15) is 9.59 Å². The van der Waals surface area contributed by atoms with Gasteiger partial charge in [0.2, 0.25) is 5.91 Å². The van der Waals surface area contributed by atoms with Crippen molar-refractivity contribution in [3.05, 3.63) is 50.6 Å². The Morgan fingerprint density at radius 1 is 1.32 bits per heavy atom. The summed E-state index contributed by atoms with van der Waals surface area (Å²) in [5.74, 6) is 1.91. The van der Waals surface area contributed by atoms with Crippen LogP contribution in [-0.2, 0) is 4.79 Å². The van der Waals surface area contributed by atoms with Crippen molar-refractivity contribution in [1.82, 2.24) is 5.32 Å². The van der Waals surface area contributed by atoms with Gasteiger partial charge in [0.25, 0.3) is 5.91 Å². The fourth-order valence-electron chi connectivity index (χ4n) is 1.71. The first-order chi connectivity index (χ1) is 10.5. The highest BCUT2D eigenvalue weighted by Crippen LogP contribution is 2.22. The zero-order valence-electron chi connectivity index (χ0n) is 11.7. The van der Waals surface area contributed by atoms with Gasteiger partial charge in [0.05, 0.1) is 8.66 Å². The monoisotopic (exact) mass is 376 g/mol. The van der Waals surface area contributed by atoms with Gasteiger partial charge in [0.1, 0.15) is 6.04 Å². The number of terminal acetylenes is 1. The number of hydrogen-bond acceptors (Lipinski definition) is 3. The summed E-state index contributed by atoms with van der Waals surface area (Å²) in [5.41, 5.74) is 1.28. The van der Waals surface area contributed by atoms with Crippen molar-refractivity contribution in [1.29, 1.82) is 0 Å². The first kappa shape index (κ1) is 16.3. The third-order valence-corrected chi connectivity index (χ3v) is 4.46. The lowest BCUT2D eigenvalue weighted by molar-refractivity contribution is -0.117. The van der Waals surface area contributed by atoms with E-state index in [1.54, 1.807) is 43.3 Å². The average molecular weight is 377 g/mol. The molecule has 0 aliphatic carbocycles. The molecule has 0 saturated carbocycles. The Hall–Kier alpha value is -2.10. The van der Waals surface area contributed by atoms with Gasteiger partial charge < -0.3 is 10.6 Å². The van der Waals surface area contributed by atoms with E-state index in [0.29, 0.717) is 16.1 Å². The number of nitrogens with one attached hydrogen (secondary N) is 2. The summed E-state index contributed by atoms with van der Waals surface area (Å²) in [7, 11) is 0. The van der Waals surface area contributed by atoms with Crippen molar-refractivity contribution >= 4 is 44.8 Å². The largest absolute Gasteiger partial charge is 0.340 e.